The van der Waals surface area contributed by atoms with Crippen molar-refractivity contribution >= 4 is 23.5 Å². The molecular formula is C8H17NO2S2. The molecule has 0 radical (unpaired) electrons. The van der Waals surface area contributed by atoms with Crippen LogP contribution < -0.4 is 0 Å². The molecule has 0 aromatic heterocycles. The highest BCUT2D eigenvalue weighted by molar-refractivity contribution is 8.03. The van der Waals surface area contributed by atoms with E-state index in [1.807, 2.05) is 30.4 Å². The molecule has 78 valence electrons. The van der Waals surface area contributed by atoms with E-state index in [-0.39, 0.29) is 13.2 Å². The van der Waals surface area contributed by atoms with E-state index in [1.54, 1.807) is 0 Å². The summed E-state index contributed by atoms with van der Waals surface area (Å²) in [5.41, 5.74) is -0.454. The quantitative estimate of drug-likeness (QED) is 0.726. The van der Waals surface area contributed by atoms with E-state index in [4.69, 9.17) is 0 Å². The van der Waals surface area contributed by atoms with Crippen LogP contribution in [0.4, 0.5) is 0 Å². The fourth-order valence-electron chi connectivity index (χ4n) is 1.07. The lowest BCUT2D eigenvalue weighted by Gasteiger charge is -2.37. The predicted octanol–water partition coefficient (Wildman–Crippen LogP) is 0.427. The molecule has 0 unspecified atom stereocenters. The summed E-state index contributed by atoms with van der Waals surface area (Å²) in [6.45, 7) is 1.94. The van der Waals surface area contributed by atoms with Gasteiger partial charge in [0.2, 0.25) is 0 Å². The third kappa shape index (κ3) is 3.02. The van der Waals surface area contributed by atoms with Crippen molar-refractivity contribution in [3.05, 3.63) is 0 Å². The van der Waals surface area contributed by atoms with Crippen LogP contribution in [0.2, 0.25) is 0 Å². The fraction of sp³-hybridized carbons (Fsp3) is 1.00. The molecule has 1 aliphatic heterocycles. The van der Waals surface area contributed by atoms with Crippen LogP contribution >= 0.6 is 23.5 Å². The Balaban J connectivity index is 2.55. The SMILES string of the molecule is CC(CO)(CO)N1CSCCSC1. The lowest BCUT2D eigenvalue weighted by molar-refractivity contribution is 0.0235. The Morgan fingerprint density at radius 3 is 2.00 bits per heavy atom. The van der Waals surface area contributed by atoms with Gasteiger partial charge >= 0.3 is 0 Å². The van der Waals surface area contributed by atoms with Crippen molar-refractivity contribution in [2.75, 3.05) is 36.5 Å². The molecule has 1 fully saturated rings. The van der Waals surface area contributed by atoms with Crippen LogP contribution in [0.1, 0.15) is 6.92 Å². The molecule has 0 amide bonds. The van der Waals surface area contributed by atoms with Crippen LogP contribution in [0.3, 0.4) is 0 Å². The highest BCUT2D eigenvalue weighted by Gasteiger charge is 2.31. The molecule has 0 aromatic carbocycles. The van der Waals surface area contributed by atoms with Gasteiger partial charge < -0.3 is 10.2 Å². The van der Waals surface area contributed by atoms with Crippen LogP contribution in [-0.4, -0.2) is 57.1 Å². The third-order valence-electron chi connectivity index (χ3n) is 2.31. The van der Waals surface area contributed by atoms with Crippen LogP contribution in [-0.2, 0) is 0 Å². The first-order valence-electron chi connectivity index (χ1n) is 4.35. The molecule has 13 heavy (non-hydrogen) atoms. The zero-order chi connectivity index (χ0) is 9.73. The van der Waals surface area contributed by atoms with Crippen molar-refractivity contribution in [1.82, 2.24) is 4.90 Å². The molecule has 0 atom stereocenters. The Kier molecular flexibility index (Phi) is 4.89. The van der Waals surface area contributed by atoms with Gasteiger partial charge in [0.25, 0.3) is 0 Å². The minimum absolute atomic E-state index is 0.0185. The first kappa shape index (κ1) is 11.7. The summed E-state index contributed by atoms with van der Waals surface area (Å²) >= 11 is 3.73. The van der Waals surface area contributed by atoms with Gasteiger partial charge in [0.15, 0.2) is 0 Å². The first-order chi connectivity index (χ1) is 6.23. The minimum Gasteiger partial charge on any atom is -0.394 e. The van der Waals surface area contributed by atoms with E-state index in [9.17, 15) is 10.2 Å². The summed E-state index contributed by atoms with van der Waals surface area (Å²) < 4.78 is 0. The van der Waals surface area contributed by atoms with Crippen molar-refractivity contribution in [3.63, 3.8) is 0 Å². The molecule has 0 spiro atoms. The number of hydrogen-bond acceptors (Lipinski definition) is 5. The van der Waals surface area contributed by atoms with E-state index in [2.05, 4.69) is 4.90 Å². The standard InChI is InChI=1S/C8H17NO2S2/c1-8(4-10,5-11)9-6-12-2-3-13-7-9/h10-11H,2-7H2,1H3. The number of nitrogens with zero attached hydrogens (tertiary/aromatic N) is 1. The second-order valence-electron chi connectivity index (χ2n) is 3.43. The lowest BCUT2D eigenvalue weighted by atomic mass is 10.0. The largest absolute Gasteiger partial charge is 0.394 e. The lowest BCUT2D eigenvalue weighted by Crippen LogP contribution is -2.51. The molecule has 5 heteroatoms. The zero-order valence-electron chi connectivity index (χ0n) is 7.90. The number of hydrogen-bond donors (Lipinski definition) is 2. The number of aliphatic hydroxyl groups excluding tert-OH is 2. The van der Waals surface area contributed by atoms with Crippen LogP contribution in [0.25, 0.3) is 0 Å². The molecule has 2 N–H and O–H groups in total. The number of rotatable bonds is 3. The summed E-state index contributed by atoms with van der Waals surface area (Å²) in [4.78, 5) is 2.15. The van der Waals surface area contributed by atoms with Gasteiger partial charge in [-0.05, 0) is 6.92 Å². The molecular weight excluding hydrogens is 206 g/mol. The van der Waals surface area contributed by atoms with Crippen molar-refractivity contribution in [2.45, 2.75) is 12.5 Å². The number of thioether (sulfide) groups is 2. The van der Waals surface area contributed by atoms with E-state index in [0.29, 0.717) is 0 Å². The maximum absolute atomic E-state index is 9.21. The Hall–Kier alpha value is 0.580. The van der Waals surface area contributed by atoms with E-state index in [1.165, 1.54) is 0 Å². The summed E-state index contributed by atoms with van der Waals surface area (Å²) in [5, 5.41) is 18.4. The van der Waals surface area contributed by atoms with Gasteiger partial charge in [-0.15, -0.1) is 23.5 Å². The smallest absolute Gasteiger partial charge is 0.0658 e. The Morgan fingerprint density at radius 2 is 1.62 bits per heavy atom. The van der Waals surface area contributed by atoms with Crippen molar-refractivity contribution in [1.29, 1.82) is 0 Å². The van der Waals surface area contributed by atoms with E-state index < -0.39 is 5.54 Å². The molecule has 1 aliphatic rings. The predicted molar refractivity (Wildman–Crippen MR) is 59.1 cm³/mol. The summed E-state index contributed by atoms with van der Waals surface area (Å²) in [5.74, 6) is 4.14. The molecule has 1 rings (SSSR count). The van der Waals surface area contributed by atoms with Gasteiger partial charge in [-0.25, -0.2) is 0 Å². The zero-order valence-corrected chi connectivity index (χ0v) is 9.53. The summed E-state index contributed by atoms with van der Waals surface area (Å²) in [7, 11) is 0. The van der Waals surface area contributed by atoms with Crippen molar-refractivity contribution in [3.8, 4) is 0 Å². The molecule has 1 saturated heterocycles. The monoisotopic (exact) mass is 223 g/mol. The molecule has 3 nitrogen and oxygen atoms in total. The van der Waals surface area contributed by atoms with E-state index >= 15 is 0 Å². The van der Waals surface area contributed by atoms with Crippen molar-refractivity contribution < 1.29 is 10.2 Å². The molecule has 0 saturated carbocycles. The second kappa shape index (κ2) is 5.46. The third-order valence-corrected chi connectivity index (χ3v) is 4.54. The van der Waals surface area contributed by atoms with Crippen LogP contribution in [0.15, 0.2) is 0 Å². The maximum Gasteiger partial charge on any atom is 0.0658 e. The van der Waals surface area contributed by atoms with Gasteiger partial charge in [-0.3, -0.25) is 4.90 Å². The summed E-state index contributed by atoms with van der Waals surface area (Å²) in [6, 6.07) is 0. The fourth-order valence-corrected chi connectivity index (χ4v) is 3.63. The molecule has 0 bridgehead atoms. The van der Waals surface area contributed by atoms with Crippen LogP contribution in [0.5, 0.6) is 0 Å². The minimum atomic E-state index is -0.454. The Morgan fingerprint density at radius 1 is 1.15 bits per heavy atom. The van der Waals surface area contributed by atoms with E-state index in [0.717, 1.165) is 23.3 Å². The van der Waals surface area contributed by atoms with Crippen LogP contribution in [0, 0.1) is 0 Å². The van der Waals surface area contributed by atoms with Gasteiger partial charge in [0.1, 0.15) is 0 Å². The van der Waals surface area contributed by atoms with Gasteiger partial charge in [-0.1, -0.05) is 0 Å². The van der Waals surface area contributed by atoms with Gasteiger partial charge in [0, 0.05) is 23.3 Å². The average molecular weight is 223 g/mol. The molecule has 1 heterocycles. The highest BCUT2D eigenvalue weighted by atomic mass is 32.2. The van der Waals surface area contributed by atoms with Gasteiger partial charge in [-0.2, -0.15) is 0 Å². The van der Waals surface area contributed by atoms with Crippen molar-refractivity contribution in [2.24, 2.45) is 0 Å². The Labute approximate surface area is 87.9 Å². The first-order valence-corrected chi connectivity index (χ1v) is 6.66. The molecule has 0 aliphatic carbocycles. The topological polar surface area (TPSA) is 43.7 Å². The normalized spacial score (nSPS) is 21.5. The molecule has 0 aromatic rings. The second-order valence-corrected chi connectivity index (χ2v) is 5.58. The highest BCUT2D eigenvalue weighted by Crippen LogP contribution is 2.24. The summed E-state index contributed by atoms with van der Waals surface area (Å²) in [6.07, 6.45) is 0. The Bertz CT molecular complexity index is 145. The average Bonchev–Trinajstić information content (AvgIpc) is 2.45. The number of aliphatic hydroxyl groups is 2. The van der Waals surface area contributed by atoms with Gasteiger partial charge in [0.05, 0.1) is 18.8 Å². The maximum atomic E-state index is 9.21.